The molecule has 1 aromatic carbocycles. The molecule has 0 atom stereocenters. The van der Waals surface area contributed by atoms with Gasteiger partial charge in [-0.25, -0.2) is 4.68 Å². The second-order valence-corrected chi connectivity index (χ2v) is 7.27. The largest absolute Gasteiger partial charge is 0.486 e. The summed E-state index contributed by atoms with van der Waals surface area (Å²) >= 11 is 0. The van der Waals surface area contributed by atoms with Crippen LogP contribution in [0.1, 0.15) is 55.8 Å². The summed E-state index contributed by atoms with van der Waals surface area (Å²) in [5.74, 6) is 0.845. The molecule has 0 saturated carbocycles. The molecule has 0 unspecified atom stereocenters. The number of likely N-dealkylation sites (tertiary alicyclic amines) is 1. The number of hydrogen-bond donors (Lipinski definition) is 0. The van der Waals surface area contributed by atoms with Crippen molar-refractivity contribution in [3.63, 3.8) is 0 Å². The first-order valence-electron chi connectivity index (χ1n) is 9.95. The molecule has 1 aromatic heterocycles. The third-order valence-electron chi connectivity index (χ3n) is 4.90. The molecule has 1 aliphatic rings. The minimum absolute atomic E-state index is 0.0650. The highest BCUT2D eigenvalue weighted by Gasteiger charge is 2.28. The van der Waals surface area contributed by atoms with Crippen LogP contribution in [0.2, 0.25) is 0 Å². The topological polar surface area (TPSA) is 99.4 Å². The van der Waals surface area contributed by atoms with E-state index in [4.69, 9.17) is 9.47 Å². The van der Waals surface area contributed by atoms with Crippen LogP contribution in [0.4, 0.5) is 0 Å². The Hall–Kier alpha value is -2.97. The van der Waals surface area contributed by atoms with Crippen molar-refractivity contribution >= 4 is 11.9 Å². The number of aromatic nitrogens is 4. The number of benzene rings is 1. The van der Waals surface area contributed by atoms with E-state index in [1.165, 1.54) is 0 Å². The molecule has 1 saturated heterocycles. The van der Waals surface area contributed by atoms with E-state index >= 15 is 0 Å². The highest BCUT2D eigenvalue weighted by atomic mass is 16.5. The molecule has 1 aliphatic heterocycles. The second kappa shape index (κ2) is 9.49. The average Bonchev–Trinajstić information content (AvgIpc) is 3.21. The zero-order valence-electron chi connectivity index (χ0n) is 17.1. The van der Waals surface area contributed by atoms with Gasteiger partial charge in [0.15, 0.2) is 5.82 Å². The molecule has 3 rings (SSSR count). The fourth-order valence-electron chi connectivity index (χ4n) is 3.34. The first kappa shape index (κ1) is 20.8. The van der Waals surface area contributed by atoms with Crippen LogP contribution >= 0.6 is 0 Å². The quantitative estimate of drug-likeness (QED) is 0.656. The van der Waals surface area contributed by atoms with Crippen LogP contribution in [0.3, 0.4) is 0 Å². The van der Waals surface area contributed by atoms with Gasteiger partial charge in [0.2, 0.25) is 0 Å². The summed E-state index contributed by atoms with van der Waals surface area (Å²) < 4.78 is 12.6. The normalized spacial score (nSPS) is 14.8. The van der Waals surface area contributed by atoms with Crippen molar-refractivity contribution in [2.75, 3.05) is 19.7 Å². The third-order valence-corrected chi connectivity index (χ3v) is 4.90. The Morgan fingerprint density at radius 1 is 1.24 bits per heavy atom. The lowest BCUT2D eigenvalue weighted by Gasteiger charge is -2.31. The van der Waals surface area contributed by atoms with Gasteiger partial charge in [-0.1, -0.05) is 6.07 Å². The zero-order valence-corrected chi connectivity index (χ0v) is 17.1. The van der Waals surface area contributed by atoms with Gasteiger partial charge in [-0.3, -0.25) is 9.59 Å². The maximum absolute atomic E-state index is 12.8. The van der Waals surface area contributed by atoms with E-state index in [9.17, 15) is 9.59 Å². The molecule has 9 nitrogen and oxygen atoms in total. The number of piperidine rings is 1. The van der Waals surface area contributed by atoms with Gasteiger partial charge in [0.1, 0.15) is 12.4 Å². The molecular formula is C20H27N5O4. The third kappa shape index (κ3) is 5.10. The minimum Gasteiger partial charge on any atom is -0.486 e. The smallest absolute Gasteiger partial charge is 0.309 e. The average molecular weight is 401 g/mol. The number of hydrogen-bond acceptors (Lipinski definition) is 7. The lowest BCUT2D eigenvalue weighted by atomic mass is 9.96. The van der Waals surface area contributed by atoms with Gasteiger partial charge in [0, 0.05) is 18.7 Å². The number of ether oxygens (including phenoxy) is 2. The molecule has 2 heterocycles. The van der Waals surface area contributed by atoms with Crippen molar-refractivity contribution < 1.29 is 19.1 Å². The molecule has 156 valence electrons. The van der Waals surface area contributed by atoms with Crippen LogP contribution < -0.4 is 4.74 Å². The van der Waals surface area contributed by atoms with Crippen LogP contribution in [0, 0.1) is 5.92 Å². The molecular weight excluding hydrogens is 374 g/mol. The summed E-state index contributed by atoms with van der Waals surface area (Å²) in [4.78, 5) is 26.5. The van der Waals surface area contributed by atoms with Gasteiger partial charge in [-0.15, -0.1) is 5.10 Å². The number of carbonyl (C=O) groups excluding carboxylic acids is 2. The first-order valence-corrected chi connectivity index (χ1v) is 9.95. The van der Waals surface area contributed by atoms with Crippen LogP contribution in [0.5, 0.6) is 5.75 Å². The Kier molecular flexibility index (Phi) is 6.79. The van der Waals surface area contributed by atoms with E-state index in [-0.39, 0.29) is 30.4 Å². The Morgan fingerprint density at radius 2 is 2.00 bits per heavy atom. The highest BCUT2D eigenvalue weighted by Crippen LogP contribution is 2.22. The van der Waals surface area contributed by atoms with Crippen molar-refractivity contribution in [3.8, 4) is 5.75 Å². The second-order valence-electron chi connectivity index (χ2n) is 7.27. The van der Waals surface area contributed by atoms with Crippen LogP contribution in [0.25, 0.3) is 0 Å². The Balaban J connectivity index is 1.58. The summed E-state index contributed by atoms with van der Waals surface area (Å²) in [5.41, 5.74) is 0.556. The summed E-state index contributed by atoms with van der Waals surface area (Å²) in [7, 11) is 0. The Labute approximate surface area is 170 Å². The van der Waals surface area contributed by atoms with Gasteiger partial charge in [0.25, 0.3) is 5.91 Å². The first-order chi connectivity index (χ1) is 14.0. The van der Waals surface area contributed by atoms with Crippen LogP contribution in [0.15, 0.2) is 24.3 Å². The maximum Gasteiger partial charge on any atom is 0.309 e. The van der Waals surface area contributed by atoms with Crippen molar-refractivity contribution in [1.29, 1.82) is 0 Å². The maximum atomic E-state index is 12.8. The van der Waals surface area contributed by atoms with E-state index in [1.807, 2.05) is 13.8 Å². The lowest BCUT2D eigenvalue weighted by molar-refractivity contribution is -0.149. The van der Waals surface area contributed by atoms with Gasteiger partial charge in [-0.05, 0) is 62.2 Å². The fourth-order valence-corrected chi connectivity index (χ4v) is 3.34. The number of tetrazole rings is 1. The predicted octanol–water partition coefficient (Wildman–Crippen LogP) is 2.25. The standard InChI is InChI=1S/C20H27N5O4/c1-4-28-20(27)15-8-10-24(11-9-15)19(26)16-6-5-7-17(12-16)29-13-18-21-22-23-25(18)14(2)3/h5-7,12,14-15H,4,8-11,13H2,1-3H3. The number of carbonyl (C=O) groups is 2. The molecule has 2 aromatic rings. The fraction of sp³-hybridized carbons (Fsp3) is 0.550. The van der Waals surface area contributed by atoms with Crippen molar-refractivity contribution in [2.45, 2.75) is 46.3 Å². The SMILES string of the molecule is CCOC(=O)C1CCN(C(=O)c2cccc(OCc3nnnn3C(C)C)c2)CC1. The van der Waals surface area contributed by atoms with Crippen molar-refractivity contribution in [2.24, 2.45) is 5.92 Å². The van der Waals surface area contributed by atoms with E-state index in [1.54, 1.807) is 40.8 Å². The van der Waals surface area contributed by atoms with Gasteiger partial charge in [-0.2, -0.15) is 0 Å². The van der Waals surface area contributed by atoms with Crippen molar-refractivity contribution in [3.05, 3.63) is 35.7 Å². The lowest BCUT2D eigenvalue weighted by Crippen LogP contribution is -2.40. The molecule has 0 spiro atoms. The van der Waals surface area contributed by atoms with Gasteiger partial charge < -0.3 is 14.4 Å². The molecule has 9 heteroatoms. The summed E-state index contributed by atoms with van der Waals surface area (Å²) in [6.45, 7) is 7.46. The van der Waals surface area contributed by atoms with E-state index in [2.05, 4.69) is 15.5 Å². The molecule has 0 aliphatic carbocycles. The number of rotatable bonds is 7. The van der Waals surface area contributed by atoms with Crippen molar-refractivity contribution in [1.82, 2.24) is 25.1 Å². The molecule has 0 bridgehead atoms. The minimum atomic E-state index is -0.168. The van der Waals surface area contributed by atoms with Crippen LogP contribution in [-0.4, -0.2) is 56.7 Å². The monoisotopic (exact) mass is 401 g/mol. The van der Waals surface area contributed by atoms with Crippen LogP contribution in [-0.2, 0) is 16.1 Å². The molecule has 0 radical (unpaired) electrons. The van der Waals surface area contributed by atoms with E-state index in [0.717, 1.165) is 0 Å². The van der Waals surface area contributed by atoms with E-state index < -0.39 is 0 Å². The molecule has 1 fully saturated rings. The zero-order chi connectivity index (χ0) is 20.8. The summed E-state index contributed by atoms with van der Waals surface area (Å²) in [6.07, 6.45) is 1.25. The molecule has 1 amide bonds. The molecule has 29 heavy (non-hydrogen) atoms. The number of amides is 1. The molecule has 0 N–H and O–H groups in total. The highest BCUT2D eigenvalue weighted by molar-refractivity contribution is 5.94. The summed E-state index contributed by atoms with van der Waals surface area (Å²) in [5, 5.41) is 11.6. The number of nitrogens with zero attached hydrogens (tertiary/aromatic N) is 5. The number of esters is 1. The Morgan fingerprint density at radius 3 is 2.69 bits per heavy atom. The predicted molar refractivity (Wildman–Crippen MR) is 104 cm³/mol. The van der Waals surface area contributed by atoms with E-state index in [0.29, 0.717) is 49.7 Å². The Bertz CT molecular complexity index is 843. The van der Waals surface area contributed by atoms with Gasteiger partial charge in [0.05, 0.1) is 18.6 Å². The van der Waals surface area contributed by atoms with Gasteiger partial charge >= 0.3 is 5.97 Å². The summed E-state index contributed by atoms with van der Waals surface area (Å²) in [6, 6.07) is 7.22.